The predicted molar refractivity (Wildman–Crippen MR) is 98.3 cm³/mol. The molecule has 0 heterocycles. The third kappa shape index (κ3) is 5.49. The van der Waals surface area contributed by atoms with Crippen LogP contribution in [-0.2, 0) is 9.59 Å². The Hall–Kier alpha value is -2.02. The molecule has 0 bridgehead atoms. The minimum Gasteiger partial charge on any atom is -0.550 e. The summed E-state index contributed by atoms with van der Waals surface area (Å²) in [6.45, 7) is 0. The minimum absolute atomic E-state index is 0. The average Bonchev–Trinajstić information content (AvgIpc) is 2.55. The van der Waals surface area contributed by atoms with E-state index in [0.29, 0.717) is 11.4 Å². The molecule has 0 spiro atoms. The van der Waals surface area contributed by atoms with Gasteiger partial charge in [-0.1, -0.05) is 0 Å². The van der Waals surface area contributed by atoms with Crippen LogP contribution in [0.25, 0.3) is 0 Å². The van der Waals surface area contributed by atoms with Crippen molar-refractivity contribution in [2.45, 2.75) is 6.42 Å². The Morgan fingerprint density at radius 3 is 1.31 bits per heavy atom. The summed E-state index contributed by atoms with van der Waals surface area (Å²) in [5.41, 5.74) is 3.18. The molecule has 0 atom stereocenters. The molecule has 1 amide bonds. The molecule has 0 aliphatic heterocycles. The number of rotatable bonds is 6. The van der Waals surface area contributed by atoms with Crippen molar-refractivity contribution in [2.24, 2.45) is 0 Å². The molecule has 7 heteroatoms. The zero-order valence-electron chi connectivity index (χ0n) is 15.9. The van der Waals surface area contributed by atoms with Gasteiger partial charge in [0.2, 0.25) is 5.91 Å². The summed E-state index contributed by atoms with van der Waals surface area (Å²) in [4.78, 5) is 28.7. The fourth-order valence-corrected chi connectivity index (χ4v) is 2.44. The molecule has 0 aliphatic rings. The SMILES string of the molecule is CN(C)c1ccc(N(C(=O)CC(=O)[O-])c2ccc(N(C)C)cc2)cc1.[Na+]. The molecule has 2 rings (SSSR count). The predicted octanol–water partition coefficient (Wildman–Crippen LogP) is -1.37. The van der Waals surface area contributed by atoms with Crippen LogP contribution >= 0.6 is 0 Å². The minimum atomic E-state index is -1.40. The number of nitrogens with zero attached hydrogens (tertiary/aromatic N) is 3. The van der Waals surface area contributed by atoms with Crippen LogP contribution in [-0.4, -0.2) is 40.1 Å². The summed E-state index contributed by atoms with van der Waals surface area (Å²) in [5, 5.41) is 10.9. The van der Waals surface area contributed by atoms with E-state index in [2.05, 4.69) is 0 Å². The Kier molecular flexibility index (Phi) is 8.14. The Bertz CT molecular complexity index is 692. The Morgan fingerprint density at radius 2 is 1.04 bits per heavy atom. The first-order valence-electron chi connectivity index (χ1n) is 7.87. The van der Waals surface area contributed by atoms with Gasteiger partial charge in [-0.15, -0.1) is 0 Å². The molecular formula is C19H22N3NaO3. The van der Waals surface area contributed by atoms with Crippen molar-refractivity contribution in [1.29, 1.82) is 0 Å². The van der Waals surface area contributed by atoms with Gasteiger partial charge in [-0.3, -0.25) is 9.69 Å². The maximum atomic E-state index is 12.5. The summed E-state index contributed by atoms with van der Waals surface area (Å²) < 4.78 is 0. The van der Waals surface area contributed by atoms with Crippen LogP contribution in [0.4, 0.5) is 22.7 Å². The van der Waals surface area contributed by atoms with Crippen LogP contribution in [0.2, 0.25) is 0 Å². The number of amides is 1. The zero-order chi connectivity index (χ0) is 18.6. The van der Waals surface area contributed by atoms with Crippen LogP contribution in [0.3, 0.4) is 0 Å². The quantitative estimate of drug-likeness (QED) is 0.468. The van der Waals surface area contributed by atoms with Crippen molar-refractivity contribution >= 4 is 34.6 Å². The molecule has 0 saturated heterocycles. The van der Waals surface area contributed by atoms with E-state index in [4.69, 9.17) is 0 Å². The molecular weight excluding hydrogens is 341 g/mol. The third-order valence-corrected chi connectivity index (χ3v) is 3.79. The maximum absolute atomic E-state index is 12.5. The van der Waals surface area contributed by atoms with E-state index >= 15 is 0 Å². The Labute approximate surface area is 176 Å². The number of benzene rings is 2. The molecule has 0 aliphatic carbocycles. The van der Waals surface area contributed by atoms with Crippen molar-refractivity contribution in [1.82, 2.24) is 0 Å². The molecule has 0 N–H and O–H groups in total. The smallest absolute Gasteiger partial charge is 0.550 e. The van der Waals surface area contributed by atoms with Gasteiger partial charge in [0, 0.05) is 50.9 Å². The first-order chi connectivity index (χ1) is 11.8. The molecule has 2 aromatic carbocycles. The molecule has 0 aromatic heterocycles. The van der Waals surface area contributed by atoms with Crippen molar-refractivity contribution in [3.05, 3.63) is 48.5 Å². The monoisotopic (exact) mass is 363 g/mol. The fourth-order valence-electron chi connectivity index (χ4n) is 2.44. The maximum Gasteiger partial charge on any atom is 1.00 e. The summed E-state index contributed by atoms with van der Waals surface area (Å²) in [5.74, 6) is -1.94. The average molecular weight is 363 g/mol. The third-order valence-electron chi connectivity index (χ3n) is 3.79. The summed E-state index contributed by atoms with van der Waals surface area (Å²) in [7, 11) is 7.70. The van der Waals surface area contributed by atoms with Crippen molar-refractivity contribution in [3.63, 3.8) is 0 Å². The number of aliphatic carboxylic acids is 1. The number of anilines is 4. The molecule has 0 saturated carbocycles. The van der Waals surface area contributed by atoms with Crippen LogP contribution in [0.1, 0.15) is 6.42 Å². The normalized spacial score (nSPS) is 9.85. The fraction of sp³-hybridized carbons (Fsp3) is 0.263. The van der Waals surface area contributed by atoms with Gasteiger partial charge >= 0.3 is 29.6 Å². The molecule has 0 unspecified atom stereocenters. The number of carbonyl (C=O) groups is 2. The van der Waals surface area contributed by atoms with Crippen molar-refractivity contribution in [2.75, 3.05) is 42.9 Å². The molecule has 0 radical (unpaired) electrons. The van der Waals surface area contributed by atoms with Gasteiger partial charge in [-0.25, -0.2) is 0 Å². The summed E-state index contributed by atoms with van der Waals surface area (Å²) in [6, 6.07) is 14.7. The summed E-state index contributed by atoms with van der Waals surface area (Å²) in [6.07, 6.45) is -0.676. The number of carboxylic acids is 1. The van der Waals surface area contributed by atoms with Gasteiger partial charge in [-0.2, -0.15) is 0 Å². The second-order valence-electron chi connectivity index (χ2n) is 6.10. The van der Waals surface area contributed by atoms with E-state index in [9.17, 15) is 14.7 Å². The van der Waals surface area contributed by atoms with E-state index in [-0.39, 0.29) is 29.6 Å². The van der Waals surface area contributed by atoms with Gasteiger partial charge in [-0.05, 0) is 48.5 Å². The van der Waals surface area contributed by atoms with Gasteiger partial charge in [0.1, 0.15) is 0 Å². The van der Waals surface area contributed by atoms with Gasteiger partial charge in [0.15, 0.2) is 0 Å². The topological polar surface area (TPSA) is 66.9 Å². The van der Waals surface area contributed by atoms with E-state index in [0.717, 1.165) is 11.4 Å². The van der Waals surface area contributed by atoms with Gasteiger partial charge in [0.05, 0.1) is 12.4 Å². The molecule has 0 fully saturated rings. The molecule has 132 valence electrons. The van der Waals surface area contributed by atoms with Crippen LogP contribution in [0.5, 0.6) is 0 Å². The van der Waals surface area contributed by atoms with E-state index < -0.39 is 18.3 Å². The summed E-state index contributed by atoms with van der Waals surface area (Å²) >= 11 is 0. The number of hydrogen-bond acceptors (Lipinski definition) is 5. The standard InChI is InChI=1S/C19H23N3O3.Na/c1-20(2)14-5-9-16(10-6-14)22(18(23)13-19(24)25)17-11-7-15(8-12-17)21(3)4;/h5-12H,13H2,1-4H3,(H,24,25);/q;+1/p-1. The number of carboxylic acid groups (broad SMARTS) is 1. The largest absolute Gasteiger partial charge is 1.00 e. The van der Waals surface area contributed by atoms with E-state index in [1.807, 2.05) is 62.3 Å². The van der Waals surface area contributed by atoms with Crippen LogP contribution in [0, 0.1) is 0 Å². The number of hydrogen-bond donors (Lipinski definition) is 0. The molecule has 6 nitrogen and oxygen atoms in total. The molecule has 2 aromatic rings. The van der Waals surface area contributed by atoms with Gasteiger partial charge < -0.3 is 19.7 Å². The van der Waals surface area contributed by atoms with Gasteiger partial charge in [0.25, 0.3) is 0 Å². The van der Waals surface area contributed by atoms with Crippen molar-refractivity contribution in [3.8, 4) is 0 Å². The Balaban J connectivity index is 0.00000338. The first-order valence-corrected chi connectivity index (χ1v) is 7.87. The van der Waals surface area contributed by atoms with E-state index in [1.165, 1.54) is 4.90 Å². The molecule has 26 heavy (non-hydrogen) atoms. The van der Waals surface area contributed by atoms with Crippen LogP contribution in [0.15, 0.2) is 48.5 Å². The number of carbonyl (C=O) groups excluding carboxylic acids is 2. The Morgan fingerprint density at radius 1 is 0.731 bits per heavy atom. The first kappa shape index (κ1) is 22.0. The zero-order valence-corrected chi connectivity index (χ0v) is 17.9. The van der Waals surface area contributed by atoms with Crippen molar-refractivity contribution < 1.29 is 44.3 Å². The van der Waals surface area contributed by atoms with Crippen LogP contribution < -0.4 is 49.4 Å². The second kappa shape index (κ2) is 9.62. The van der Waals surface area contributed by atoms with E-state index in [1.54, 1.807) is 24.3 Å². The second-order valence-corrected chi connectivity index (χ2v) is 6.10.